The Morgan fingerprint density at radius 1 is 0.596 bits per heavy atom. The van der Waals surface area contributed by atoms with Crippen LogP contribution in [0.3, 0.4) is 0 Å². The van der Waals surface area contributed by atoms with Crippen LogP contribution in [0.25, 0.3) is 83.3 Å². The number of aromatic nitrogens is 3. The third-order valence-corrected chi connectivity index (χ3v) is 9.51. The van der Waals surface area contributed by atoms with E-state index >= 15 is 0 Å². The van der Waals surface area contributed by atoms with Crippen LogP contribution in [0.1, 0.15) is 12.2 Å². The predicted octanol–water partition coefficient (Wildman–Crippen LogP) is 12.6. The molecule has 0 radical (unpaired) electrons. The third-order valence-electron chi connectivity index (χ3n) is 9.51. The Morgan fingerprint density at radius 2 is 1.33 bits per heavy atom. The highest BCUT2D eigenvalue weighted by molar-refractivity contribution is 6.12. The summed E-state index contributed by atoms with van der Waals surface area (Å²) in [6.07, 6.45) is 15.1. The molecule has 52 heavy (non-hydrogen) atoms. The minimum absolute atomic E-state index is 0.578. The van der Waals surface area contributed by atoms with Crippen LogP contribution in [-0.2, 0) is 0 Å². The average Bonchev–Trinajstić information content (AvgIpc) is 3.59. The molecule has 4 nitrogen and oxygen atoms in total. The molecule has 0 N–H and O–H groups in total. The highest BCUT2D eigenvalue weighted by Crippen LogP contribution is 2.38. The molecule has 1 aliphatic carbocycles. The molecule has 246 valence electrons. The Hall–Kier alpha value is -6.91. The molecule has 0 spiro atoms. The van der Waals surface area contributed by atoms with Gasteiger partial charge in [0.1, 0.15) is 11.2 Å². The van der Waals surface area contributed by atoms with Gasteiger partial charge in [-0.3, -0.25) is 0 Å². The standard InChI is InChI=1S/C48H33N3O/c1-2-12-39(29-32-13-5-3-6-14-32)46-49-47(40-26-25-34-17-9-10-18-37(34)30-40)51-48(50-46)42-19-11-20-43-45(42)41-28-27-38(31-44(41)52-43)36-23-21-35(22-24-36)33-15-7-4-8-16-33/h2-13,15-31H,1,14H2/b32-29-,39-12+. The van der Waals surface area contributed by atoms with Gasteiger partial charge in [0.15, 0.2) is 17.5 Å². The van der Waals surface area contributed by atoms with E-state index in [-0.39, 0.29) is 0 Å². The third kappa shape index (κ3) is 5.97. The quantitative estimate of drug-likeness (QED) is 0.159. The van der Waals surface area contributed by atoms with Gasteiger partial charge in [0, 0.05) is 27.5 Å². The Kier molecular flexibility index (Phi) is 8.03. The van der Waals surface area contributed by atoms with Gasteiger partial charge in [-0.05, 0) is 75.4 Å². The predicted molar refractivity (Wildman–Crippen MR) is 216 cm³/mol. The number of furan rings is 1. The Bertz CT molecular complexity index is 2760. The van der Waals surface area contributed by atoms with Crippen molar-refractivity contribution < 1.29 is 4.42 Å². The molecule has 0 fully saturated rings. The zero-order chi connectivity index (χ0) is 34.9. The van der Waals surface area contributed by atoms with Crippen molar-refractivity contribution in [2.24, 2.45) is 0 Å². The summed E-state index contributed by atoms with van der Waals surface area (Å²) in [6, 6.07) is 46.3. The molecular weight excluding hydrogens is 635 g/mol. The van der Waals surface area contributed by atoms with E-state index in [2.05, 4.69) is 152 Å². The van der Waals surface area contributed by atoms with Crippen LogP contribution in [0.4, 0.5) is 0 Å². The van der Waals surface area contributed by atoms with Crippen molar-refractivity contribution in [3.05, 3.63) is 194 Å². The molecule has 0 saturated heterocycles. The molecule has 6 aromatic carbocycles. The SMILES string of the molecule is C=C/C=C(\C=C1\C=CC=CC1)c1nc(-c2ccc3ccccc3c2)nc(-c2cccc3oc4cc(-c5ccc(-c6ccccc6)cc5)ccc4c23)n1. The lowest BCUT2D eigenvalue weighted by Crippen LogP contribution is -2.03. The molecule has 2 aromatic heterocycles. The van der Waals surface area contributed by atoms with Gasteiger partial charge in [0.2, 0.25) is 0 Å². The van der Waals surface area contributed by atoms with E-state index in [1.807, 2.05) is 24.3 Å². The van der Waals surface area contributed by atoms with Crippen molar-refractivity contribution in [3.8, 4) is 45.0 Å². The maximum absolute atomic E-state index is 6.53. The van der Waals surface area contributed by atoms with Crippen LogP contribution in [0.5, 0.6) is 0 Å². The topological polar surface area (TPSA) is 51.8 Å². The van der Waals surface area contributed by atoms with Crippen molar-refractivity contribution in [2.75, 3.05) is 0 Å². The molecule has 4 heteroatoms. The number of hydrogen-bond donors (Lipinski definition) is 0. The van der Waals surface area contributed by atoms with E-state index in [1.54, 1.807) is 6.08 Å². The van der Waals surface area contributed by atoms with Crippen LogP contribution >= 0.6 is 0 Å². The van der Waals surface area contributed by atoms with Crippen molar-refractivity contribution in [1.29, 1.82) is 0 Å². The van der Waals surface area contributed by atoms with E-state index in [0.29, 0.717) is 17.5 Å². The normalized spacial score (nSPS) is 13.8. The molecule has 0 atom stereocenters. The fraction of sp³-hybridized carbons (Fsp3) is 0.0208. The summed E-state index contributed by atoms with van der Waals surface area (Å²) in [7, 11) is 0. The molecule has 0 amide bonds. The molecule has 0 bridgehead atoms. The summed E-state index contributed by atoms with van der Waals surface area (Å²) in [6.45, 7) is 4.01. The second kappa shape index (κ2) is 13.4. The first-order chi connectivity index (χ1) is 25.7. The van der Waals surface area contributed by atoms with Gasteiger partial charge >= 0.3 is 0 Å². The van der Waals surface area contributed by atoms with Gasteiger partial charge < -0.3 is 4.42 Å². The fourth-order valence-electron chi connectivity index (χ4n) is 6.91. The highest BCUT2D eigenvalue weighted by atomic mass is 16.3. The Balaban J connectivity index is 1.18. The maximum atomic E-state index is 6.53. The summed E-state index contributed by atoms with van der Waals surface area (Å²) in [5.41, 5.74) is 10.0. The first kappa shape index (κ1) is 31.1. The van der Waals surface area contributed by atoms with Crippen LogP contribution in [0.15, 0.2) is 193 Å². The number of hydrogen-bond acceptors (Lipinski definition) is 4. The lowest BCUT2D eigenvalue weighted by Gasteiger charge is -2.11. The van der Waals surface area contributed by atoms with Crippen LogP contribution < -0.4 is 0 Å². The van der Waals surface area contributed by atoms with Crippen molar-refractivity contribution in [1.82, 2.24) is 15.0 Å². The number of fused-ring (bicyclic) bond motifs is 4. The summed E-state index contributed by atoms with van der Waals surface area (Å²) < 4.78 is 6.53. The molecule has 0 unspecified atom stereocenters. The average molecular weight is 668 g/mol. The highest BCUT2D eigenvalue weighted by Gasteiger charge is 2.19. The second-order valence-electron chi connectivity index (χ2n) is 12.9. The summed E-state index contributed by atoms with van der Waals surface area (Å²) >= 11 is 0. The van der Waals surface area contributed by atoms with Crippen molar-refractivity contribution >= 4 is 38.3 Å². The van der Waals surface area contributed by atoms with Gasteiger partial charge in [0.25, 0.3) is 0 Å². The van der Waals surface area contributed by atoms with E-state index < -0.39 is 0 Å². The van der Waals surface area contributed by atoms with Gasteiger partial charge in [-0.1, -0.05) is 152 Å². The molecular formula is C48H33N3O. The summed E-state index contributed by atoms with van der Waals surface area (Å²) in [5, 5.41) is 4.27. The Labute approximate surface area is 302 Å². The molecule has 2 heterocycles. The van der Waals surface area contributed by atoms with Gasteiger partial charge in [-0.25, -0.2) is 15.0 Å². The molecule has 8 aromatic rings. The second-order valence-corrected chi connectivity index (χ2v) is 12.9. The molecule has 1 aliphatic rings. The van der Waals surface area contributed by atoms with Gasteiger partial charge in [-0.2, -0.15) is 0 Å². The van der Waals surface area contributed by atoms with Crippen LogP contribution in [0.2, 0.25) is 0 Å². The minimum atomic E-state index is 0.578. The molecule has 9 rings (SSSR count). The maximum Gasteiger partial charge on any atom is 0.164 e. The first-order valence-corrected chi connectivity index (χ1v) is 17.4. The van der Waals surface area contributed by atoms with E-state index in [1.165, 1.54) is 16.7 Å². The molecule has 0 aliphatic heterocycles. The van der Waals surface area contributed by atoms with E-state index in [4.69, 9.17) is 19.4 Å². The van der Waals surface area contributed by atoms with Crippen LogP contribution in [-0.4, -0.2) is 15.0 Å². The summed E-state index contributed by atoms with van der Waals surface area (Å²) in [5.74, 6) is 1.76. The van der Waals surface area contributed by atoms with Crippen LogP contribution in [0, 0.1) is 0 Å². The monoisotopic (exact) mass is 667 g/mol. The lowest BCUT2D eigenvalue weighted by atomic mass is 9.99. The van der Waals surface area contributed by atoms with E-state index in [0.717, 1.165) is 67.0 Å². The fourth-order valence-corrected chi connectivity index (χ4v) is 6.91. The zero-order valence-corrected chi connectivity index (χ0v) is 28.4. The summed E-state index contributed by atoms with van der Waals surface area (Å²) in [4.78, 5) is 15.4. The zero-order valence-electron chi connectivity index (χ0n) is 28.4. The lowest BCUT2D eigenvalue weighted by molar-refractivity contribution is 0.669. The smallest absolute Gasteiger partial charge is 0.164 e. The largest absolute Gasteiger partial charge is 0.456 e. The first-order valence-electron chi connectivity index (χ1n) is 17.4. The van der Waals surface area contributed by atoms with Gasteiger partial charge in [-0.15, -0.1) is 0 Å². The number of nitrogens with zero attached hydrogens (tertiary/aromatic N) is 3. The molecule has 0 saturated carbocycles. The van der Waals surface area contributed by atoms with Crippen molar-refractivity contribution in [2.45, 2.75) is 6.42 Å². The van der Waals surface area contributed by atoms with Gasteiger partial charge in [0.05, 0.1) is 0 Å². The number of allylic oxidation sites excluding steroid dienone is 9. The van der Waals surface area contributed by atoms with Crippen molar-refractivity contribution in [3.63, 3.8) is 0 Å². The van der Waals surface area contributed by atoms with E-state index in [9.17, 15) is 0 Å². The number of rotatable bonds is 7. The Morgan fingerprint density at radius 3 is 2.13 bits per heavy atom. The minimum Gasteiger partial charge on any atom is -0.456 e. The number of benzene rings is 6.